The predicted octanol–water partition coefficient (Wildman–Crippen LogP) is 2.37. The van der Waals surface area contributed by atoms with E-state index in [1.54, 1.807) is 6.92 Å². The van der Waals surface area contributed by atoms with Crippen LogP contribution in [0.2, 0.25) is 0 Å². The third kappa shape index (κ3) is 5.29. The quantitative estimate of drug-likeness (QED) is 0.773. The Kier molecular flexibility index (Phi) is 4.97. The van der Waals surface area contributed by atoms with Gasteiger partial charge in [-0.1, -0.05) is 30.3 Å². The SMILES string of the molecule is C[C@H](O)CNC(C)(C)CCc1ccccc1. The molecule has 0 radical (unpaired) electrons. The summed E-state index contributed by atoms with van der Waals surface area (Å²) in [6, 6.07) is 10.5. The highest BCUT2D eigenvalue weighted by atomic mass is 16.3. The molecular formula is C14H23NO. The molecule has 2 heteroatoms. The lowest BCUT2D eigenvalue weighted by molar-refractivity contribution is 0.174. The molecule has 0 saturated heterocycles. The molecule has 1 atom stereocenters. The molecule has 2 N–H and O–H groups in total. The molecule has 0 aliphatic carbocycles. The van der Waals surface area contributed by atoms with Gasteiger partial charge in [0.05, 0.1) is 6.10 Å². The van der Waals surface area contributed by atoms with Gasteiger partial charge in [0.2, 0.25) is 0 Å². The van der Waals surface area contributed by atoms with Crippen molar-refractivity contribution in [3.8, 4) is 0 Å². The van der Waals surface area contributed by atoms with Gasteiger partial charge in [0.1, 0.15) is 0 Å². The third-order valence-corrected chi connectivity index (χ3v) is 2.76. The first-order valence-electron chi connectivity index (χ1n) is 5.97. The molecule has 0 unspecified atom stereocenters. The molecule has 0 aliphatic heterocycles. The van der Waals surface area contributed by atoms with E-state index >= 15 is 0 Å². The minimum absolute atomic E-state index is 0.0762. The number of benzene rings is 1. The second-order valence-electron chi connectivity index (χ2n) is 5.10. The van der Waals surface area contributed by atoms with Gasteiger partial charge in [-0.25, -0.2) is 0 Å². The molecule has 0 aliphatic rings. The Morgan fingerprint density at radius 1 is 1.25 bits per heavy atom. The van der Waals surface area contributed by atoms with Crippen molar-refractivity contribution in [3.63, 3.8) is 0 Å². The van der Waals surface area contributed by atoms with Gasteiger partial charge in [0.25, 0.3) is 0 Å². The smallest absolute Gasteiger partial charge is 0.0636 e. The Morgan fingerprint density at radius 2 is 1.88 bits per heavy atom. The van der Waals surface area contributed by atoms with E-state index in [1.807, 2.05) is 6.07 Å². The van der Waals surface area contributed by atoms with E-state index in [9.17, 15) is 5.11 Å². The van der Waals surface area contributed by atoms with Gasteiger partial charge in [-0.3, -0.25) is 0 Å². The highest BCUT2D eigenvalue weighted by molar-refractivity contribution is 5.15. The van der Waals surface area contributed by atoms with Crippen molar-refractivity contribution in [3.05, 3.63) is 35.9 Å². The summed E-state index contributed by atoms with van der Waals surface area (Å²) in [6.45, 7) is 6.82. The van der Waals surface area contributed by atoms with E-state index in [4.69, 9.17) is 0 Å². The Labute approximate surface area is 98.7 Å². The number of hydrogen-bond donors (Lipinski definition) is 2. The van der Waals surface area contributed by atoms with Crippen LogP contribution in [0.3, 0.4) is 0 Å². The van der Waals surface area contributed by atoms with Crippen LogP contribution < -0.4 is 5.32 Å². The molecule has 0 aromatic heterocycles. The largest absolute Gasteiger partial charge is 0.392 e. The molecule has 0 heterocycles. The molecule has 0 saturated carbocycles. The highest BCUT2D eigenvalue weighted by Gasteiger charge is 2.17. The van der Waals surface area contributed by atoms with Gasteiger partial charge >= 0.3 is 0 Å². The molecule has 90 valence electrons. The zero-order chi connectivity index (χ0) is 12.0. The normalized spacial score (nSPS) is 13.8. The van der Waals surface area contributed by atoms with Gasteiger partial charge in [-0.2, -0.15) is 0 Å². The van der Waals surface area contributed by atoms with Crippen LogP contribution >= 0.6 is 0 Å². The number of aryl methyl sites for hydroxylation is 1. The van der Waals surface area contributed by atoms with E-state index in [-0.39, 0.29) is 11.6 Å². The van der Waals surface area contributed by atoms with Crippen molar-refractivity contribution < 1.29 is 5.11 Å². The Balaban J connectivity index is 2.36. The lowest BCUT2D eigenvalue weighted by atomic mass is 9.95. The molecule has 0 spiro atoms. The van der Waals surface area contributed by atoms with E-state index in [2.05, 4.69) is 43.4 Å². The van der Waals surface area contributed by atoms with Crippen LogP contribution in [-0.4, -0.2) is 23.3 Å². The standard InChI is InChI=1S/C14H23NO/c1-12(16)11-15-14(2,3)10-9-13-7-5-4-6-8-13/h4-8,12,15-16H,9-11H2,1-3H3/t12-/m0/s1. The van der Waals surface area contributed by atoms with Crippen molar-refractivity contribution in [2.75, 3.05) is 6.54 Å². The van der Waals surface area contributed by atoms with Crippen LogP contribution in [0.15, 0.2) is 30.3 Å². The van der Waals surface area contributed by atoms with Gasteiger partial charge in [-0.05, 0) is 39.2 Å². The number of aliphatic hydroxyl groups is 1. The molecule has 1 aromatic rings. The van der Waals surface area contributed by atoms with Crippen LogP contribution in [0.1, 0.15) is 32.8 Å². The summed E-state index contributed by atoms with van der Waals surface area (Å²) in [7, 11) is 0. The molecule has 0 fully saturated rings. The molecule has 0 amide bonds. The first kappa shape index (κ1) is 13.2. The average Bonchev–Trinajstić information content (AvgIpc) is 2.26. The number of β-amino-alcohol motifs (C(OH)–C–C–N with tert-alkyl or cyclic N) is 1. The zero-order valence-electron chi connectivity index (χ0n) is 10.5. The van der Waals surface area contributed by atoms with E-state index < -0.39 is 0 Å². The Bertz CT molecular complexity index is 293. The summed E-state index contributed by atoms with van der Waals surface area (Å²) < 4.78 is 0. The maximum Gasteiger partial charge on any atom is 0.0636 e. The van der Waals surface area contributed by atoms with E-state index in [0.717, 1.165) is 12.8 Å². The average molecular weight is 221 g/mol. The topological polar surface area (TPSA) is 32.3 Å². The van der Waals surface area contributed by atoms with Crippen LogP contribution in [0.25, 0.3) is 0 Å². The van der Waals surface area contributed by atoms with Crippen molar-refractivity contribution in [2.45, 2.75) is 45.3 Å². The van der Waals surface area contributed by atoms with Crippen molar-refractivity contribution in [2.24, 2.45) is 0 Å². The number of nitrogens with one attached hydrogen (secondary N) is 1. The van der Waals surface area contributed by atoms with Gasteiger partial charge < -0.3 is 10.4 Å². The van der Waals surface area contributed by atoms with Crippen LogP contribution in [0, 0.1) is 0 Å². The van der Waals surface area contributed by atoms with Crippen molar-refractivity contribution in [1.82, 2.24) is 5.32 Å². The Hall–Kier alpha value is -0.860. The predicted molar refractivity (Wildman–Crippen MR) is 68.5 cm³/mol. The van der Waals surface area contributed by atoms with E-state index in [1.165, 1.54) is 5.56 Å². The first-order chi connectivity index (χ1) is 7.49. The summed E-state index contributed by atoms with van der Waals surface area (Å²) in [5.74, 6) is 0. The van der Waals surface area contributed by atoms with Gasteiger partial charge in [-0.15, -0.1) is 0 Å². The maximum atomic E-state index is 9.24. The molecule has 1 rings (SSSR count). The second kappa shape index (κ2) is 6.02. The summed E-state index contributed by atoms with van der Waals surface area (Å²) >= 11 is 0. The summed E-state index contributed by atoms with van der Waals surface area (Å²) in [4.78, 5) is 0. The highest BCUT2D eigenvalue weighted by Crippen LogP contribution is 2.13. The summed E-state index contributed by atoms with van der Waals surface area (Å²) in [6.07, 6.45) is 1.86. The van der Waals surface area contributed by atoms with Gasteiger partial charge in [0.15, 0.2) is 0 Å². The molecular weight excluding hydrogens is 198 g/mol. The fourth-order valence-corrected chi connectivity index (χ4v) is 1.61. The molecule has 0 bridgehead atoms. The third-order valence-electron chi connectivity index (χ3n) is 2.76. The second-order valence-corrected chi connectivity index (χ2v) is 5.10. The van der Waals surface area contributed by atoms with Crippen molar-refractivity contribution >= 4 is 0 Å². The van der Waals surface area contributed by atoms with Crippen LogP contribution in [0.5, 0.6) is 0 Å². The molecule has 1 aromatic carbocycles. The van der Waals surface area contributed by atoms with E-state index in [0.29, 0.717) is 6.54 Å². The number of rotatable bonds is 6. The summed E-state index contributed by atoms with van der Waals surface area (Å²) in [5.41, 5.74) is 1.45. The summed E-state index contributed by atoms with van der Waals surface area (Å²) in [5, 5.41) is 12.6. The maximum absolute atomic E-state index is 9.24. The fourth-order valence-electron chi connectivity index (χ4n) is 1.61. The Morgan fingerprint density at radius 3 is 2.44 bits per heavy atom. The lowest BCUT2D eigenvalue weighted by Crippen LogP contribution is -2.43. The van der Waals surface area contributed by atoms with Crippen LogP contribution in [-0.2, 0) is 6.42 Å². The number of hydrogen-bond acceptors (Lipinski definition) is 2. The fraction of sp³-hybridized carbons (Fsp3) is 0.571. The first-order valence-corrected chi connectivity index (χ1v) is 5.97. The monoisotopic (exact) mass is 221 g/mol. The zero-order valence-corrected chi connectivity index (χ0v) is 10.5. The lowest BCUT2D eigenvalue weighted by Gasteiger charge is -2.27. The van der Waals surface area contributed by atoms with Crippen molar-refractivity contribution in [1.29, 1.82) is 0 Å². The molecule has 2 nitrogen and oxygen atoms in total. The minimum Gasteiger partial charge on any atom is -0.392 e. The van der Waals surface area contributed by atoms with Crippen LogP contribution in [0.4, 0.5) is 0 Å². The molecule has 16 heavy (non-hydrogen) atoms. The number of aliphatic hydroxyl groups excluding tert-OH is 1. The minimum atomic E-state index is -0.281. The van der Waals surface area contributed by atoms with Gasteiger partial charge in [0, 0.05) is 12.1 Å².